The van der Waals surface area contributed by atoms with Gasteiger partial charge in [0.25, 0.3) is 0 Å². The van der Waals surface area contributed by atoms with Gasteiger partial charge in [-0.3, -0.25) is 0 Å². The summed E-state index contributed by atoms with van der Waals surface area (Å²) in [6, 6.07) is 1.90. The van der Waals surface area contributed by atoms with Crippen LogP contribution in [0.4, 0.5) is 0 Å². The highest BCUT2D eigenvalue weighted by atomic mass is 16.3. The van der Waals surface area contributed by atoms with Gasteiger partial charge in [0.1, 0.15) is 5.76 Å². The van der Waals surface area contributed by atoms with Gasteiger partial charge in [-0.1, -0.05) is 0 Å². The molecule has 0 bridgehead atoms. The number of hydrogen-bond acceptors (Lipinski definition) is 2. The van der Waals surface area contributed by atoms with E-state index in [1.54, 1.807) is 6.26 Å². The second kappa shape index (κ2) is 2.89. The normalized spacial score (nSPS) is 21.6. The Morgan fingerprint density at radius 1 is 1.23 bits per heavy atom. The molecule has 1 heterocycles. The number of aliphatic hydroxyl groups excluding tert-OH is 1. The van der Waals surface area contributed by atoms with Gasteiger partial charge >= 0.3 is 0 Å². The van der Waals surface area contributed by atoms with Crippen LogP contribution in [0, 0.1) is 0 Å². The van der Waals surface area contributed by atoms with E-state index in [4.69, 9.17) is 4.42 Å². The molecule has 13 heavy (non-hydrogen) atoms. The van der Waals surface area contributed by atoms with E-state index < -0.39 is 6.10 Å². The van der Waals surface area contributed by atoms with Gasteiger partial charge in [-0.15, -0.1) is 0 Å². The molecule has 0 saturated carbocycles. The molecule has 68 valence electrons. The molecule has 2 heteroatoms. The van der Waals surface area contributed by atoms with Crippen LogP contribution in [0.25, 0.3) is 12.2 Å². The molecule has 0 fully saturated rings. The quantitative estimate of drug-likeness (QED) is 0.658. The molecule has 1 aliphatic rings. The minimum Gasteiger partial charge on any atom is -0.464 e. The van der Waals surface area contributed by atoms with Crippen LogP contribution < -0.4 is 0 Å². The first-order valence-corrected chi connectivity index (χ1v) is 4.30. The van der Waals surface area contributed by atoms with E-state index in [9.17, 15) is 5.11 Å². The molecule has 0 saturated heterocycles. The molecule has 1 atom stereocenters. The van der Waals surface area contributed by atoms with Crippen LogP contribution in [0.2, 0.25) is 0 Å². The van der Waals surface area contributed by atoms with E-state index in [0.29, 0.717) is 0 Å². The Hall–Kier alpha value is -1.28. The van der Waals surface area contributed by atoms with Gasteiger partial charge in [0.2, 0.25) is 0 Å². The third-order valence-corrected chi connectivity index (χ3v) is 2.33. The predicted molar refractivity (Wildman–Crippen MR) is 52.0 cm³/mol. The summed E-state index contributed by atoms with van der Waals surface area (Å²) in [7, 11) is 0. The maximum atomic E-state index is 9.74. The number of hydrogen-bond donors (Lipinski definition) is 1. The number of rotatable bonds is 0. The Morgan fingerprint density at radius 2 is 1.92 bits per heavy atom. The molecule has 1 unspecified atom stereocenters. The Kier molecular flexibility index (Phi) is 1.85. The van der Waals surface area contributed by atoms with E-state index in [1.165, 1.54) is 0 Å². The van der Waals surface area contributed by atoms with Crippen molar-refractivity contribution < 1.29 is 9.52 Å². The standard InChI is InChI=1S/C11H12O2/c1-7-5-9-3-4-13-10(9)6-8(2)11(7)12/h3-6,11-12H,1-2H3. The van der Waals surface area contributed by atoms with Gasteiger partial charge in [0, 0.05) is 5.56 Å². The van der Waals surface area contributed by atoms with Crippen LogP contribution in [0.15, 0.2) is 27.9 Å². The smallest absolute Gasteiger partial charge is 0.133 e. The van der Waals surface area contributed by atoms with Crippen LogP contribution in [-0.2, 0) is 0 Å². The SMILES string of the molecule is CC1=Cc2ccoc2C=C(C)C1O. The fraction of sp³-hybridized carbons (Fsp3) is 0.273. The minimum atomic E-state index is -0.470. The van der Waals surface area contributed by atoms with Crippen molar-refractivity contribution in [3.05, 3.63) is 34.8 Å². The molecule has 0 radical (unpaired) electrons. The minimum absolute atomic E-state index is 0.470. The second-order valence-corrected chi connectivity index (χ2v) is 3.42. The predicted octanol–water partition coefficient (Wildman–Crippen LogP) is 2.46. The highest BCUT2D eigenvalue weighted by Crippen LogP contribution is 2.25. The van der Waals surface area contributed by atoms with Gasteiger partial charge in [-0.2, -0.15) is 0 Å². The molecule has 1 aliphatic carbocycles. The third-order valence-electron chi connectivity index (χ3n) is 2.33. The second-order valence-electron chi connectivity index (χ2n) is 3.42. The zero-order valence-electron chi connectivity index (χ0n) is 7.74. The lowest BCUT2D eigenvalue weighted by molar-refractivity contribution is 0.249. The summed E-state index contributed by atoms with van der Waals surface area (Å²) in [6.07, 6.45) is 5.03. The summed E-state index contributed by atoms with van der Waals surface area (Å²) in [4.78, 5) is 0. The lowest BCUT2D eigenvalue weighted by Crippen LogP contribution is -2.07. The average molecular weight is 176 g/mol. The number of furan rings is 1. The van der Waals surface area contributed by atoms with Crippen molar-refractivity contribution in [1.82, 2.24) is 0 Å². The number of aliphatic hydroxyl groups is 1. The van der Waals surface area contributed by atoms with E-state index in [-0.39, 0.29) is 0 Å². The topological polar surface area (TPSA) is 33.4 Å². The van der Waals surface area contributed by atoms with Crippen molar-refractivity contribution in [2.24, 2.45) is 0 Å². The average Bonchev–Trinajstić information content (AvgIpc) is 2.47. The lowest BCUT2D eigenvalue weighted by Gasteiger charge is -2.09. The molecular weight excluding hydrogens is 164 g/mol. The molecule has 0 amide bonds. The molecule has 0 aromatic carbocycles. The fourth-order valence-corrected chi connectivity index (χ4v) is 1.54. The van der Waals surface area contributed by atoms with Gasteiger partial charge < -0.3 is 9.52 Å². The zero-order valence-corrected chi connectivity index (χ0v) is 7.74. The molecule has 1 aromatic heterocycles. The Morgan fingerprint density at radius 3 is 2.69 bits per heavy atom. The van der Waals surface area contributed by atoms with E-state index in [1.807, 2.05) is 32.1 Å². The zero-order chi connectivity index (χ0) is 9.42. The van der Waals surface area contributed by atoms with Crippen molar-refractivity contribution in [3.63, 3.8) is 0 Å². The molecule has 0 spiro atoms. The van der Waals surface area contributed by atoms with Crippen LogP contribution in [0.3, 0.4) is 0 Å². The molecule has 0 aliphatic heterocycles. The number of fused-ring (bicyclic) bond motifs is 1. The summed E-state index contributed by atoms with van der Waals surface area (Å²) >= 11 is 0. The first-order chi connectivity index (χ1) is 6.18. The van der Waals surface area contributed by atoms with Crippen LogP contribution in [0.1, 0.15) is 25.2 Å². The van der Waals surface area contributed by atoms with Crippen molar-refractivity contribution in [3.8, 4) is 0 Å². The summed E-state index contributed by atoms with van der Waals surface area (Å²) in [5.41, 5.74) is 2.91. The summed E-state index contributed by atoms with van der Waals surface area (Å²) < 4.78 is 5.27. The van der Waals surface area contributed by atoms with Crippen molar-refractivity contribution in [2.75, 3.05) is 0 Å². The van der Waals surface area contributed by atoms with Crippen LogP contribution in [-0.4, -0.2) is 11.2 Å². The van der Waals surface area contributed by atoms with Gasteiger partial charge in [0.05, 0.1) is 12.4 Å². The Bertz CT molecular complexity index is 348. The van der Waals surface area contributed by atoms with Crippen molar-refractivity contribution in [2.45, 2.75) is 20.0 Å². The van der Waals surface area contributed by atoms with Gasteiger partial charge in [-0.05, 0) is 43.2 Å². The van der Waals surface area contributed by atoms with Gasteiger partial charge in [-0.25, -0.2) is 0 Å². The summed E-state index contributed by atoms with van der Waals surface area (Å²) in [5.74, 6) is 0.827. The first-order valence-electron chi connectivity index (χ1n) is 4.30. The monoisotopic (exact) mass is 176 g/mol. The first kappa shape index (κ1) is 8.32. The maximum Gasteiger partial charge on any atom is 0.133 e. The third kappa shape index (κ3) is 1.33. The van der Waals surface area contributed by atoms with Gasteiger partial charge in [0.15, 0.2) is 0 Å². The van der Waals surface area contributed by atoms with Crippen molar-refractivity contribution >= 4 is 12.2 Å². The fourth-order valence-electron chi connectivity index (χ4n) is 1.54. The summed E-state index contributed by atoms with van der Waals surface area (Å²) in [6.45, 7) is 3.82. The summed E-state index contributed by atoms with van der Waals surface area (Å²) in [5, 5.41) is 9.74. The molecule has 2 rings (SSSR count). The van der Waals surface area contributed by atoms with E-state index in [0.717, 1.165) is 22.5 Å². The van der Waals surface area contributed by atoms with Crippen LogP contribution in [0.5, 0.6) is 0 Å². The maximum absolute atomic E-state index is 9.74. The Balaban J connectivity index is 2.59. The van der Waals surface area contributed by atoms with Crippen molar-refractivity contribution in [1.29, 1.82) is 0 Å². The highest BCUT2D eigenvalue weighted by molar-refractivity contribution is 5.68. The van der Waals surface area contributed by atoms with Crippen LogP contribution >= 0.6 is 0 Å². The molecule has 2 nitrogen and oxygen atoms in total. The largest absolute Gasteiger partial charge is 0.464 e. The lowest BCUT2D eigenvalue weighted by atomic mass is 10.1. The van der Waals surface area contributed by atoms with E-state index in [2.05, 4.69) is 0 Å². The molecule has 1 N–H and O–H groups in total. The van der Waals surface area contributed by atoms with E-state index >= 15 is 0 Å². The highest BCUT2D eigenvalue weighted by Gasteiger charge is 2.15. The molecular formula is C11H12O2. The molecule has 1 aromatic rings. The Labute approximate surface area is 77.2 Å².